The molecule has 0 bridgehead atoms. The molecule has 6 heteroatoms. The summed E-state index contributed by atoms with van der Waals surface area (Å²) in [5.41, 5.74) is 3.72. The van der Waals surface area contributed by atoms with Crippen molar-refractivity contribution < 1.29 is 4.79 Å². The minimum absolute atomic E-state index is 0.0898. The topological polar surface area (TPSA) is 60.0 Å². The number of rotatable bonds is 5. The third kappa shape index (κ3) is 5.12. The average molecular weight is 406 g/mol. The molecule has 1 unspecified atom stereocenters. The van der Waals surface area contributed by atoms with E-state index in [1.807, 2.05) is 7.05 Å². The number of hydrogen-bond donors (Lipinski definition) is 2. The molecule has 30 heavy (non-hydrogen) atoms. The highest BCUT2D eigenvalue weighted by Gasteiger charge is 2.25. The van der Waals surface area contributed by atoms with Crippen LogP contribution in [0.15, 0.2) is 59.6 Å². The smallest absolute Gasteiger partial charge is 0.239 e. The summed E-state index contributed by atoms with van der Waals surface area (Å²) in [5.74, 6) is 1.74. The van der Waals surface area contributed by atoms with Gasteiger partial charge in [0.2, 0.25) is 5.91 Å². The van der Waals surface area contributed by atoms with Crippen LogP contribution >= 0.6 is 0 Å². The molecular weight excluding hydrogens is 374 g/mol. The van der Waals surface area contributed by atoms with Crippen molar-refractivity contribution in [3.8, 4) is 0 Å². The molecule has 2 aromatic carbocycles. The van der Waals surface area contributed by atoms with Crippen LogP contribution < -0.4 is 15.5 Å². The maximum Gasteiger partial charge on any atom is 0.239 e. The molecule has 2 aliphatic rings. The first-order valence-corrected chi connectivity index (χ1v) is 10.8. The molecule has 158 valence electrons. The summed E-state index contributed by atoms with van der Waals surface area (Å²) in [6.07, 6.45) is 2.33. The minimum atomic E-state index is 0.0898. The molecular formula is C24H31N5O. The molecule has 6 nitrogen and oxygen atoms in total. The summed E-state index contributed by atoms with van der Waals surface area (Å²) in [6, 6.07) is 19.2. The first-order chi connectivity index (χ1) is 14.7. The Bertz CT molecular complexity index is 865. The highest BCUT2D eigenvalue weighted by atomic mass is 16.2. The minimum Gasteiger partial charge on any atom is -0.360 e. The number of piperazine rings is 1. The zero-order valence-electron chi connectivity index (χ0n) is 17.7. The standard InChI is InChI=1S/C24H31N5O/c1-25-24(29-13-11-21(17-29)15-19-5-3-2-4-6-19)27-16-20-7-9-22(10-8-20)28-14-12-26-23(30)18-28/h2-10,21H,11-18H2,1H3,(H,25,27)(H,26,30). The largest absolute Gasteiger partial charge is 0.360 e. The second-order valence-electron chi connectivity index (χ2n) is 8.13. The number of guanidine groups is 1. The molecule has 2 saturated heterocycles. The van der Waals surface area contributed by atoms with Gasteiger partial charge in [0.25, 0.3) is 0 Å². The van der Waals surface area contributed by atoms with Gasteiger partial charge in [0.05, 0.1) is 6.54 Å². The molecule has 0 aliphatic carbocycles. The molecule has 1 amide bonds. The molecule has 0 saturated carbocycles. The number of aliphatic imine (C=N–C) groups is 1. The maximum absolute atomic E-state index is 11.6. The zero-order chi connectivity index (χ0) is 20.8. The van der Waals surface area contributed by atoms with E-state index in [9.17, 15) is 4.79 Å². The molecule has 0 radical (unpaired) electrons. The fourth-order valence-corrected chi connectivity index (χ4v) is 4.34. The number of nitrogens with one attached hydrogen (secondary N) is 2. The Kier molecular flexibility index (Phi) is 6.52. The van der Waals surface area contributed by atoms with Crippen molar-refractivity contribution in [1.82, 2.24) is 15.5 Å². The zero-order valence-corrected chi connectivity index (χ0v) is 17.7. The highest BCUT2D eigenvalue weighted by molar-refractivity contribution is 5.82. The molecule has 2 heterocycles. The van der Waals surface area contributed by atoms with Gasteiger partial charge in [-0.1, -0.05) is 42.5 Å². The lowest BCUT2D eigenvalue weighted by Crippen LogP contribution is -2.47. The van der Waals surface area contributed by atoms with Crippen LogP contribution in [0.4, 0.5) is 5.69 Å². The lowest BCUT2D eigenvalue weighted by molar-refractivity contribution is -0.120. The van der Waals surface area contributed by atoms with Crippen LogP contribution in [0.1, 0.15) is 17.5 Å². The third-order valence-electron chi connectivity index (χ3n) is 5.95. The Hall–Kier alpha value is -3.02. The van der Waals surface area contributed by atoms with Crippen molar-refractivity contribution in [2.75, 3.05) is 44.7 Å². The quantitative estimate of drug-likeness (QED) is 0.592. The SMILES string of the molecule is CN=C(NCc1ccc(N2CCNC(=O)C2)cc1)N1CCC(Cc2ccccc2)C1. The van der Waals surface area contributed by atoms with Crippen molar-refractivity contribution in [3.63, 3.8) is 0 Å². The predicted molar refractivity (Wildman–Crippen MR) is 122 cm³/mol. The highest BCUT2D eigenvalue weighted by Crippen LogP contribution is 2.21. The van der Waals surface area contributed by atoms with Gasteiger partial charge >= 0.3 is 0 Å². The second kappa shape index (κ2) is 9.65. The number of carbonyl (C=O) groups is 1. The van der Waals surface area contributed by atoms with Crippen molar-refractivity contribution >= 4 is 17.6 Å². The van der Waals surface area contributed by atoms with Crippen molar-refractivity contribution in [1.29, 1.82) is 0 Å². The fraction of sp³-hybridized carbons (Fsp3) is 0.417. The Morgan fingerprint density at radius 2 is 1.90 bits per heavy atom. The number of amides is 1. The van der Waals surface area contributed by atoms with E-state index >= 15 is 0 Å². The molecule has 2 aliphatic heterocycles. The van der Waals surface area contributed by atoms with Crippen LogP contribution in [-0.4, -0.2) is 56.5 Å². The number of nitrogens with zero attached hydrogens (tertiary/aromatic N) is 3. The van der Waals surface area contributed by atoms with Crippen molar-refractivity contribution in [2.45, 2.75) is 19.4 Å². The van der Waals surface area contributed by atoms with Gasteiger partial charge in [-0.3, -0.25) is 9.79 Å². The fourth-order valence-electron chi connectivity index (χ4n) is 4.34. The maximum atomic E-state index is 11.6. The molecule has 0 spiro atoms. The molecule has 2 N–H and O–H groups in total. The average Bonchev–Trinajstić information content (AvgIpc) is 3.23. The van der Waals surface area contributed by atoms with Crippen molar-refractivity contribution in [3.05, 3.63) is 65.7 Å². The number of hydrogen-bond acceptors (Lipinski definition) is 3. The number of carbonyl (C=O) groups excluding carboxylic acids is 1. The van der Waals surface area contributed by atoms with Gasteiger partial charge in [-0.05, 0) is 42.0 Å². The second-order valence-corrected chi connectivity index (χ2v) is 8.13. The van der Waals surface area contributed by atoms with Gasteiger partial charge in [-0.15, -0.1) is 0 Å². The molecule has 4 rings (SSSR count). The van der Waals surface area contributed by atoms with E-state index in [0.717, 1.165) is 44.2 Å². The van der Waals surface area contributed by atoms with E-state index in [4.69, 9.17) is 0 Å². The van der Waals surface area contributed by atoms with Crippen LogP contribution in [0.3, 0.4) is 0 Å². The van der Waals surface area contributed by atoms with E-state index < -0.39 is 0 Å². The molecule has 2 fully saturated rings. The monoisotopic (exact) mass is 405 g/mol. The van der Waals surface area contributed by atoms with Gasteiger partial charge in [0, 0.05) is 45.5 Å². The Morgan fingerprint density at radius 3 is 2.63 bits per heavy atom. The number of benzene rings is 2. The Balaban J connectivity index is 1.28. The van der Waals surface area contributed by atoms with E-state index in [1.165, 1.54) is 17.5 Å². The predicted octanol–water partition coefficient (Wildman–Crippen LogP) is 2.26. The van der Waals surface area contributed by atoms with Crippen LogP contribution in [0, 0.1) is 5.92 Å². The van der Waals surface area contributed by atoms with Gasteiger partial charge in [0.1, 0.15) is 0 Å². The van der Waals surface area contributed by atoms with Crippen LogP contribution in [0.5, 0.6) is 0 Å². The van der Waals surface area contributed by atoms with Crippen molar-refractivity contribution in [2.24, 2.45) is 10.9 Å². The normalized spacial score (nSPS) is 19.7. The first-order valence-electron chi connectivity index (χ1n) is 10.8. The Labute approximate surface area is 179 Å². The van der Waals surface area contributed by atoms with Gasteiger partial charge in [-0.25, -0.2) is 0 Å². The summed E-state index contributed by atoms with van der Waals surface area (Å²) >= 11 is 0. The van der Waals surface area contributed by atoms with Crippen LogP contribution in [0.2, 0.25) is 0 Å². The number of likely N-dealkylation sites (tertiary alicyclic amines) is 1. The van der Waals surface area contributed by atoms with E-state index in [2.05, 4.69) is 80.0 Å². The van der Waals surface area contributed by atoms with E-state index in [0.29, 0.717) is 19.0 Å². The van der Waals surface area contributed by atoms with Crippen LogP contribution in [-0.2, 0) is 17.8 Å². The summed E-state index contributed by atoms with van der Waals surface area (Å²) in [6.45, 7) is 4.84. The van der Waals surface area contributed by atoms with Crippen LogP contribution in [0.25, 0.3) is 0 Å². The first kappa shape index (κ1) is 20.3. The lowest BCUT2D eigenvalue weighted by atomic mass is 9.99. The summed E-state index contributed by atoms with van der Waals surface area (Å²) in [7, 11) is 1.86. The molecule has 0 aromatic heterocycles. The third-order valence-corrected chi connectivity index (χ3v) is 5.95. The number of anilines is 1. The summed E-state index contributed by atoms with van der Waals surface area (Å²) in [4.78, 5) is 20.6. The summed E-state index contributed by atoms with van der Waals surface area (Å²) < 4.78 is 0. The van der Waals surface area contributed by atoms with E-state index in [1.54, 1.807) is 0 Å². The van der Waals surface area contributed by atoms with Gasteiger partial charge in [0.15, 0.2) is 5.96 Å². The lowest BCUT2D eigenvalue weighted by Gasteiger charge is -2.28. The Morgan fingerprint density at radius 1 is 1.10 bits per heavy atom. The van der Waals surface area contributed by atoms with E-state index in [-0.39, 0.29) is 5.91 Å². The summed E-state index contributed by atoms with van der Waals surface area (Å²) in [5, 5.41) is 6.38. The van der Waals surface area contributed by atoms with Gasteiger partial charge in [-0.2, -0.15) is 0 Å². The molecule has 2 aromatic rings. The molecule has 1 atom stereocenters. The van der Waals surface area contributed by atoms with Gasteiger partial charge < -0.3 is 20.4 Å².